The molecule has 4 heteroatoms. The van der Waals surface area contributed by atoms with Gasteiger partial charge in [0.15, 0.2) is 0 Å². The van der Waals surface area contributed by atoms with E-state index >= 15 is 0 Å². The van der Waals surface area contributed by atoms with Crippen molar-refractivity contribution in [1.29, 1.82) is 0 Å². The number of esters is 2. The maximum absolute atomic E-state index is 11.9. The van der Waals surface area contributed by atoms with Crippen LogP contribution in [0.4, 0.5) is 0 Å². The summed E-state index contributed by atoms with van der Waals surface area (Å²) in [6.07, 6.45) is 12.0. The SMILES string of the molecule is C=C(C)[C@@H]1CC[C@]2(COC(C)=O)CC[C@]3(C)[C@H](CC[C@@H]4[C@@]5(C)CC[C@@H](OC(C)=O)C(C)(C)[C@H]5CC[C@]43C)[C@H]12. The van der Waals surface area contributed by atoms with E-state index in [-0.39, 0.29) is 39.7 Å². The highest BCUT2D eigenvalue weighted by Gasteiger charge is 2.71. The highest BCUT2D eigenvalue weighted by molar-refractivity contribution is 5.66. The van der Waals surface area contributed by atoms with Crippen molar-refractivity contribution >= 4 is 11.9 Å². The summed E-state index contributed by atoms with van der Waals surface area (Å²) in [7, 11) is 0. The van der Waals surface area contributed by atoms with Gasteiger partial charge in [0.25, 0.3) is 0 Å². The summed E-state index contributed by atoms with van der Waals surface area (Å²) in [6, 6.07) is 0. The fourth-order valence-electron chi connectivity index (χ4n) is 12.2. The lowest BCUT2D eigenvalue weighted by atomic mass is 9.32. The van der Waals surface area contributed by atoms with E-state index in [2.05, 4.69) is 48.1 Å². The third-order valence-corrected chi connectivity index (χ3v) is 14.0. The fourth-order valence-corrected chi connectivity index (χ4v) is 12.2. The van der Waals surface area contributed by atoms with Crippen LogP contribution < -0.4 is 0 Å². The van der Waals surface area contributed by atoms with Crippen LogP contribution >= 0.6 is 0 Å². The van der Waals surface area contributed by atoms with Gasteiger partial charge in [0, 0.05) is 24.7 Å². The summed E-state index contributed by atoms with van der Waals surface area (Å²) in [4.78, 5) is 23.8. The molecule has 5 fully saturated rings. The van der Waals surface area contributed by atoms with Gasteiger partial charge in [-0.1, -0.05) is 46.8 Å². The van der Waals surface area contributed by atoms with E-state index in [0.717, 1.165) is 12.8 Å². The van der Waals surface area contributed by atoms with Gasteiger partial charge in [-0.3, -0.25) is 9.59 Å². The molecule has 5 saturated carbocycles. The normalized spacial score (nSPS) is 49.1. The van der Waals surface area contributed by atoms with Crippen LogP contribution in [0.1, 0.15) is 120 Å². The smallest absolute Gasteiger partial charge is 0.302 e. The Morgan fingerprint density at radius 2 is 1.47 bits per heavy atom. The molecule has 4 nitrogen and oxygen atoms in total. The highest BCUT2D eigenvalue weighted by Crippen LogP contribution is 2.77. The van der Waals surface area contributed by atoms with Crippen LogP contribution in [0, 0.1) is 56.7 Å². The van der Waals surface area contributed by atoms with Crippen molar-refractivity contribution < 1.29 is 19.1 Å². The molecule has 5 rings (SSSR count). The van der Waals surface area contributed by atoms with Gasteiger partial charge >= 0.3 is 11.9 Å². The van der Waals surface area contributed by atoms with Gasteiger partial charge in [-0.25, -0.2) is 0 Å². The molecule has 0 aliphatic heterocycles. The molecule has 10 atom stereocenters. The van der Waals surface area contributed by atoms with Crippen LogP contribution in [0.5, 0.6) is 0 Å². The Hall–Kier alpha value is -1.32. The summed E-state index contributed by atoms with van der Waals surface area (Å²) in [6.45, 7) is 23.1. The van der Waals surface area contributed by atoms with Gasteiger partial charge in [-0.2, -0.15) is 0 Å². The van der Waals surface area contributed by atoms with E-state index in [1.807, 2.05) is 0 Å². The Morgan fingerprint density at radius 1 is 0.763 bits per heavy atom. The van der Waals surface area contributed by atoms with Crippen molar-refractivity contribution in [3.8, 4) is 0 Å². The predicted octanol–water partition coefficient (Wildman–Crippen LogP) is 8.14. The minimum absolute atomic E-state index is 0.00000109. The Balaban J connectivity index is 1.49. The molecule has 0 aromatic rings. The van der Waals surface area contributed by atoms with Crippen molar-refractivity contribution in [2.24, 2.45) is 56.7 Å². The Labute approximate surface area is 232 Å². The molecule has 0 saturated heterocycles. The number of rotatable bonds is 4. The molecule has 0 amide bonds. The molecule has 0 radical (unpaired) electrons. The van der Waals surface area contributed by atoms with E-state index < -0.39 is 0 Å². The molecule has 5 aliphatic rings. The van der Waals surface area contributed by atoms with Gasteiger partial charge in [0.2, 0.25) is 0 Å². The van der Waals surface area contributed by atoms with Crippen LogP contribution in [-0.4, -0.2) is 24.6 Å². The summed E-state index contributed by atoms with van der Waals surface area (Å²) < 4.78 is 11.7. The van der Waals surface area contributed by atoms with Gasteiger partial charge in [-0.15, -0.1) is 0 Å². The largest absolute Gasteiger partial charge is 0.465 e. The van der Waals surface area contributed by atoms with E-state index in [9.17, 15) is 9.59 Å². The monoisotopic (exact) mass is 526 g/mol. The first-order chi connectivity index (χ1) is 17.6. The summed E-state index contributed by atoms with van der Waals surface area (Å²) in [5.74, 6) is 2.76. The first-order valence-electron chi connectivity index (χ1n) is 15.6. The van der Waals surface area contributed by atoms with Crippen molar-refractivity contribution in [2.75, 3.05) is 6.61 Å². The molecule has 0 aromatic carbocycles. The zero-order chi connectivity index (χ0) is 27.9. The van der Waals surface area contributed by atoms with Crippen LogP contribution in [0.25, 0.3) is 0 Å². The molecule has 0 aromatic heterocycles. The third kappa shape index (κ3) is 3.80. The molecule has 0 N–H and O–H groups in total. The van der Waals surface area contributed by atoms with Crippen LogP contribution in [0.3, 0.4) is 0 Å². The second-order valence-electron chi connectivity index (χ2n) is 15.8. The molecule has 214 valence electrons. The maximum atomic E-state index is 11.9. The van der Waals surface area contributed by atoms with Gasteiger partial charge < -0.3 is 9.47 Å². The topological polar surface area (TPSA) is 52.6 Å². The van der Waals surface area contributed by atoms with E-state index in [1.54, 1.807) is 13.8 Å². The predicted molar refractivity (Wildman–Crippen MR) is 151 cm³/mol. The van der Waals surface area contributed by atoms with Gasteiger partial charge in [0.05, 0.1) is 6.61 Å². The minimum atomic E-state index is -0.140. The second-order valence-corrected chi connectivity index (χ2v) is 15.8. The van der Waals surface area contributed by atoms with Crippen molar-refractivity contribution in [1.82, 2.24) is 0 Å². The first kappa shape index (κ1) is 28.2. The average molecular weight is 527 g/mol. The third-order valence-electron chi connectivity index (χ3n) is 14.0. The Bertz CT molecular complexity index is 998. The molecule has 0 unspecified atom stereocenters. The summed E-state index contributed by atoms with van der Waals surface area (Å²) in [5.41, 5.74) is 2.30. The molecule has 0 spiro atoms. The summed E-state index contributed by atoms with van der Waals surface area (Å²) in [5, 5.41) is 0. The quantitative estimate of drug-likeness (QED) is 0.274. The maximum Gasteiger partial charge on any atom is 0.302 e. The Morgan fingerprint density at radius 3 is 2.11 bits per heavy atom. The zero-order valence-electron chi connectivity index (χ0n) is 25.6. The first-order valence-corrected chi connectivity index (χ1v) is 15.6. The lowest BCUT2D eigenvalue weighted by Gasteiger charge is -2.73. The van der Waals surface area contributed by atoms with Crippen molar-refractivity contribution in [3.63, 3.8) is 0 Å². The van der Waals surface area contributed by atoms with Gasteiger partial charge in [-0.05, 0) is 117 Å². The minimum Gasteiger partial charge on any atom is -0.465 e. The molecule has 5 aliphatic carbocycles. The zero-order valence-corrected chi connectivity index (χ0v) is 25.6. The number of fused-ring (bicyclic) bond motifs is 7. The second kappa shape index (κ2) is 9.10. The van der Waals surface area contributed by atoms with Crippen LogP contribution in [0.15, 0.2) is 12.2 Å². The van der Waals surface area contributed by atoms with E-state index in [4.69, 9.17) is 9.47 Å². The highest BCUT2D eigenvalue weighted by atomic mass is 16.5. The van der Waals surface area contributed by atoms with Crippen molar-refractivity contribution in [3.05, 3.63) is 12.2 Å². The number of hydrogen-bond acceptors (Lipinski definition) is 4. The number of carbonyl (C=O) groups excluding carboxylic acids is 2. The van der Waals surface area contributed by atoms with Crippen LogP contribution in [-0.2, 0) is 19.1 Å². The van der Waals surface area contributed by atoms with Crippen LogP contribution in [0.2, 0.25) is 0 Å². The molecule has 38 heavy (non-hydrogen) atoms. The standard InChI is InChI=1S/C34H54O4/c1-21(2)24-12-17-34(20-37-22(3)35)19-18-32(8)25(29(24)34)10-11-27-31(7)15-14-28(38-23(4)36)30(5,6)26(31)13-16-33(27,32)9/h24-29H,1,10-20H2,2-9H3/t24-,25+,26+,27+,28+,29-,31-,32+,33+,34+/m0/s1. The number of hydrogen-bond donors (Lipinski definition) is 0. The lowest BCUT2D eigenvalue weighted by molar-refractivity contribution is -0.252. The van der Waals surface area contributed by atoms with Crippen molar-refractivity contribution in [2.45, 2.75) is 126 Å². The fraction of sp³-hybridized carbons (Fsp3) is 0.882. The number of allylic oxidation sites excluding steroid dienone is 1. The number of carbonyl (C=O) groups is 2. The van der Waals surface area contributed by atoms with Gasteiger partial charge in [0.1, 0.15) is 6.10 Å². The van der Waals surface area contributed by atoms with E-state index in [0.29, 0.717) is 41.6 Å². The summed E-state index contributed by atoms with van der Waals surface area (Å²) >= 11 is 0. The molecular weight excluding hydrogens is 472 g/mol. The lowest BCUT2D eigenvalue weighted by Crippen LogP contribution is -2.67. The molecule has 0 heterocycles. The average Bonchev–Trinajstić information content (AvgIpc) is 3.20. The Kier molecular flexibility index (Phi) is 6.76. The molecule has 0 bridgehead atoms. The van der Waals surface area contributed by atoms with E-state index in [1.165, 1.54) is 56.9 Å². The number of ether oxygens (including phenoxy) is 2. The molecular formula is C34H54O4.